The van der Waals surface area contributed by atoms with Crippen molar-refractivity contribution in [3.05, 3.63) is 59.0 Å². The second-order valence-corrected chi connectivity index (χ2v) is 4.38. The molecule has 0 saturated heterocycles. The molecule has 1 aromatic carbocycles. The van der Waals surface area contributed by atoms with Gasteiger partial charge in [0.05, 0.1) is 12.6 Å². The summed E-state index contributed by atoms with van der Waals surface area (Å²) in [6.07, 6.45) is -0.549. The summed E-state index contributed by atoms with van der Waals surface area (Å²) < 4.78 is 5.24. The zero-order valence-corrected chi connectivity index (χ0v) is 10.8. The third kappa shape index (κ3) is 3.44. The normalized spacial score (nSPS) is 12.1. The summed E-state index contributed by atoms with van der Waals surface area (Å²) in [5.41, 5.74) is 1.99. The van der Waals surface area contributed by atoms with E-state index < -0.39 is 6.10 Å². The first-order valence-electron chi connectivity index (χ1n) is 6.14. The van der Waals surface area contributed by atoms with Gasteiger partial charge in [-0.1, -0.05) is 24.3 Å². The van der Waals surface area contributed by atoms with Gasteiger partial charge < -0.3 is 14.8 Å². The summed E-state index contributed by atoms with van der Waals surface area (Å²) in [5, 5.41) is 21.8. The molecule has 2 aromatic rings. The molecule has 2 rings (SSSR count). The van der Waals surface area contributed by atoms with E-state index in [0.717, 1.165) is 11.1 Å². The van der Waals surface area contributed by atoms with Crippen molar-refractivity contribution in [1.29, 1.82) is 5.26 Å². The van der Waals surface area contributed by atoms with Crippen LogP contribution in [0.25, 0.3) is 0 Å². The van der Waals surface area contributed by atoms with Crippen molar-refractivity contribution in [2.45, 2.75) is 19.6 Å². The van der Waals surface area contributed by atoms with Crippen molar-refractivity contribution < 1.29 is 9.52 Å². The molecule has 2 N–H and O–H groups in total. The lowest BCUT2D eigenvalue weighted by atomic mass is 10.0. The third-order valence-electron chi connectivity index (χ3n) is 2.96. The third-order valence-corrected chi connectivity index (χ3v) is 2.96. The zero-order valence-electron chi connectivity index (χ0n) is 10.8. The lowest BCUT2D eigenvalue weighted by molar-refractivity contribution is 0.172. The number of furan rings is 1. The Hall–Kier alpha value is -2.09. The van der Waals surface area contributed by atoms with Gasteiger partial charge in [-0.05, 0) is 30.2 Å². The highest BCUT2D eigenvalue weighted by atomic mass is 16.3. The highest BCUT2D eigenvalue weighted by molar-refractivity contribution is 5.27. The fraction of sp³-hybridized carbons (Fsp3) is 0.267. The Bertz CT molecular complexity index is 584. The van der Waals surface area contributed by atoms with E-state index in [9.17, 15) is 5.11 Å². The molecule has 19 heavy (non-hydrogen) atoms. The molecule has 1 aromatic heterocycles. The van der Waals surface area contributed by atoms with Crippen LogP contribution in [0.1, 0.15) is 28.8 Å². The van der Waals surface area contributed by atoms with E-state index in [1.54, 1.807) is 12.1 Å². The number of rotatable bonds is 5. The largest absolute Gasteiger partial charge is 0.449 e. The van der Waals surface area contributed by atoms with Crippen molar-refractivity contribution in [2.75, 3.05) is 6.54 Å². The average molecular weight is 256 g/mol. The molecule has 4 nitrogen and oxygen atoms in total. The second-order valence-electron chi connectivity index (χ2n) is 4.38. The Kier molecular flexibility index (Phi) is 4.35. The van der Waals surface area contributed by atoms with Crippen LogP contribution in [0.4, 0.5) is 0 Å². The lowest BCUT2D eigenvalue weighted by Crippen LogP contribution is -2.21. The predicted octanol–water partition coefficient (Wildman–Crippen LogP) is 2.28. The number of aryl methyl sites for hydroxylation is 1. The van der Waals surface area contributed by atoms with Crippen LogP contribution in [0.5, 0.6) is 0 Å². The molecule has 1 atom stereocenters. The van der Waals surface area contributed by atoms with E-state index in [0.29, 0.717) is 24.6 Å². The Morgan fingerprint density at radius 2 is 2.11 bits per heavy atom. The minimum absolute atomic E-state index is 0.302. The fourth-order valence-corrected chi connectivity index (χ4v) is 1.94. The van der Waals surface area contributed by atoms with Gasteiger partial charge in [0.2, 0.25) is 5.76 Å². The zero-order chi connectivity index (χ0) is 13.7. The maximum atomic E-state index is 10.1. The summed E-state index contributed by atoms with van der Waals surface area (Å²) in [6.45, 7) is 2.91. The SMILES string of the molecule is Cc1ccccc1C(O)CNCc1ccc(C#N)o1. The Balaban J connectivity index is 1.86. The van der Waals surface area contributed by atoms with E-state index in [1.807, 2.05) is 37.3 Å². The maximum Gasteiger partial charge on any atom is 0.203 e. The van der Waals surface area contributed by atoms with Gasteiger partial charge in [0, 0.05) is 6.54 Å². The smallest absolute Gasteiger partial charge is 0.203 e. The van der Waals surface area contributed by atoms with Gasteiger partial charge in [-0.2, -0.15) is 5.26 Å². The standard InChI is InChI=1S/C15H16N2O2/c1-11-4-2-3-5-14(11)15(18)10-17-9-13-7-6-12(8-16)19-13/h2-7,15,17-18H,9-10H2,1H3. The van der Waals surface area contributed by atoms with Crippen LogP contribution in [0.3, 0.4) is 0 Å². The summed E-state index contributed by atoms with van der Waals surface area (Å²) in [6, 6.07) is 13.1. The van der Waals surface area contributed by atoms with E-state index in [4.69, 9.17) is 9.68 Å². The predicted molar refractivity (Wildman–Crippen MR) is 71.3 cm³/mol. The molecule has 1 unspecified atom stereocenters. The Morgan fingerprint density at radius 3 is 2.79 bits per heavy atom. The number of hydrogen-bond donors (Lipinski definition) is 2. The summed E-state index contributed by atoms with van der Waals surface area (Å²) in [7, 11) is 0. The molecule has 0 aliphatic carbocycles. The van der Waals surface area contributed by atoms with E-state index in [-0.39, 0.29) is 0 Å². The Morgan fingerprint density at radius 1 is 1.32 bits per heavy atom. The first kappa shape index (κ1) is 13.3. The van der Waals surface area contributed by atoms with Crippen LogP contribution in [0, 0.1) is 18.3 Å². The van der Waals surface area contributed by atoms with Gasteiger partial charge in [-0.3, -0.25) is 0 Å². The number of aliphatic hydroxyl groups excluding tert-OH is 1. The van der Waals surface area contributed by atoms with Gasteiger partial charge in [0.1, 0.15) is 11.8 Å². The van der Waals surface area contributed by atoms with Crippen LogP contribution in [0.2, 0.25) is 0 Å². The first-order valence-corrected chi connectivity index (χ1v) is 6.14. The van der Waals surface area contributed by atoms with Crippen molar-refractivity contribution in [2.24, 2.45) is 0 Å². The second kappa shape index (κ2) is 6.19. The highest BCUT2D eigenvalue weighted by Crippen LogP contribution is 2.16. The van der Waals surface area contributed by atoms with Gasteiger partial charge in [-0.15, -0.1) is 0 Å². The molecule has 0 aliphatic rings. The minimum Gasteiger partial charge on any atom is -0.449 e. The molecule has 4 heteroatoms. The van der Waals surface area contributed by atoms with Gasteiger partial charge in [-0.25, -0.2) is 0 Å². The highest BCUT2D eigenvalue weighted by Gasteiger charge is 2.09. The molecular formula is C15H16N2O2. The monoisotopic (exact) mass is 256 g/mol. The van der Waals surface area contributed by atoms with Crippen molar-refractivity contribution in [3.63, 3.8) is 0 Å². The number of nitrogens with one attached hydrogen (secondary N) is 1. The van der Waals surface area contributed by atoms with Crippen molar-refractivity contribution in [1.82, 2.24) is 5.32 Å². The van der Waals surface area contributed by atoms with Crippen LogP contribution in [0.15, 0.2) is 40.8 Å². The quantitative estimate of drug-likeness (QED) is 0.861. The fourth-order valence-electron chi connectivity index (χ4n) is 1.94. The molecule has 98 valence electrons. The van der Waals surface area contributed by atoms with Crippen LogP contribution < -0.4 is 5.32 Å². The van der Waals surface area contributed by atoms with Gasteiger partial charge in [0.15, 0.2) is 0 Å². The summed E-state index contributed by atoms with van der Waals surface area (Å²) in [5.74, 6) is 0.991. The summed E-state index contributed by atoms with van der Waals surface area (Å²) in [4.78, 5) is 0. The van der Waals surface area contributed by atoms with Crippen molar-refractivity contribution >= 4 is 0 Å². The molecular weight excluding hydrogens is 240 g/mol. The number of aliphatic hydroxyl groups is 1. The molecule has 0 saturated carbocycles. The molecule has 1 heterocycles. The van der Waals surface area contributed by atoms with Gasteiger partial charge >= 0.3 is 0 Å². The number of nitrogens with zero attached hydrogens (tertiary/aromatic N) is 1. The van der Waals surface area contributed by atoms with Crippen molar-refractivity contribution in [3.8, 4) is 6.07 Å². The molecule has 0 spiro atoms. The molecule has 0 fully saturated rings. The van der Waals surface area contributed by atoms with E-state index in [1.165, 1.54) is 0 Å². The Labute approximate surface area is 112 Å². The minimum atomic E-state index is -0.549. The topological polar surface area (TPSA) is 69.2 Å². The van der Waals surface area contributed by atoms with Gasteiger partial charge in [0.25, 0.3) is 0 Å². The first-order chi connectivity index (χ1) is 9.20. The van der Waals surface area contributed by atoms with Crippen LogP contribution in [-0.4, -0.2) is 11.7 Å². The number of benzene rings is 1. The number of nitriles is 1. The molecule has 0 radical (unpaired) electrons. The summed E-state index contributed by atoms with van der Waals surface area (Å²) >= 11 is 0. The lowest BCUT2D eigenvalue weighted by Gasteiger charge is -2.13. The number of hydrogen-bond acceptors (Lipinski definition) is 4. The van der Waals surface area contributed by atoms with Crippen LogP contribution in [-0.2, 0) is 6.54 Å². The molecule has 0 amide bonds. The van der Waals surface area contributed by atoms with Crippen LogP contribution >= 0.6 is 0 Å². The molecule has 0 aliphatic heterocycles. The molecule has 0 bridgehead atoms. The van der Waals surface area contributed by atoms with E-state index in [2.05, 4.69) is 5.32 Å². The van der Waals surface area contributed by atoms with E-state index >= 15 is 0 Å². The maximum absolute atomic E-state index is 10.1. The average Bonchev–Trinajstić information content (AvgIpc) is 2.87.